The van der Waals surface area contributed by atoms with Crippen LogP contribution < -0.4 is 5.73 Å². The Morgan fingerprint density at radius 1 is 1.12 bits per heavy atom. The third-order valence-corrected chi connectivity index (χ3v) is 4.80. The van der Waals surface area contributed by atoms with Gasteiger partial charge in [0.15, 0.2) is 0 Å². The topological polar surface area (TPSA) is 63.7 Å². The highest BCUT2D eigenvalue weighted by Crippen LogP contribution is 2.29. The van der Waals surface area contributed by atoms with E-state index in [2.05, 4.69) is 39.4 Å². The minimum Gasteiger partial charge on any atom is -0.383 e. The number of nitrogens with two attached hydrogens (primary N) is 1. The van der Waals surface area contributed by atoms with Gasteiger partial charge in [0.25, 0.3) is 0 Å². The molecule has 25 heavy (non-hydrogen) atoms. The zero-order valence-electron chi connectivity index (χ0n) is 14.3. The Kier molecular flexibility index (Phi) is 4.65. The molecule has 5 heteroatoms. The van der Waals surface area contributed by atoms with Crippen LogP contribution in [-0.4, -0.2) is 29.4 Å². The van der Waals surface area contributed by atoms with Gasteiger partial charge in [-0.25, -0.2) is 4.98 Å². The van der Waals surface area contributed by atoms with Crippen LogP contribution >= 0.6 is 0 Å². The summed E-state index contributed by atoms with van der Waals surface area (Å²) in [5.74, 6) is 1.62. The molecule has 1 unspecified atom stereocenters. The molecule has 4 rings (SSSR count). The summed E-state index contributed by atoms with van der Waals surface area (Å²) >= 11 is 0. The summed E-state index contributed by atoms with van der Waals surface area (Å²) in [7, 11) is 0. The van der Waals surface area contributed by atoms with Gasteiger partial charge in [-0.3, -0.25) is 5.01 Å². The first-order valence-corrected chi connectivity index (χ1v) is 8.93. The highest BCUT2D eigenvalue weighted by atomic mass is 16.5. The molecule has 0 bridgehead atoms. The van der Waals surface area contributed by atoms with Crippen molar-refractivity contribution in [2.45, 2.75) is 31.9 Å². The molecule has 2 N–H and O–H groups in total. The summed E-state index contributed by atoms with van der Waals surface area (Å²) in [6.07, 6.45) is 6.36. The van der Waals surface area contributed by atoms with Crippen molar-refractivity contribution in [2.75, 3.05) is 18.9 Å². The largest absolute Gasteiger partial charge is 0.383 e. The number of benzene rings is 1. The zero-order chi connectivity index (χ0) is 17.1. The lowest BCUT2D eigenvalue weighted by molar-refractivity contribution is 0.111. The van der Waals surface area contributed by atoms with Crippen molar-refractivity contribution in [1.29, 1.82) is 0 Å². The monoisotopic (exact) mass is 336 g/mol. The molecule has 1 aromatic heterocycles. The van der Waals surface area contributed by atoms with Crippen LogP contribution in [0.4, 0.5) is 5.82 Å². The summed E-state index contributed by atoms with van der Waals surface area (Å²) in [4.78, 5) is 4.17. The number of hydrazone groups is 1. The smallest absolute Gasteiger partial charge is 0.127 e. The maximum atomic E-state index is 5.97. The van der Waals surface area contributed by atoms with E-state index in [1.807, 2.05) is 18.3 Å². The second-order valence-corrected chi connectivity index (χ2v) is 6.97. The predicted molar refractivity (Wildman–Crippen MR) is 99.1 cm³/mol. The van der Waals surface area contributed by atoms with Crippen molar-refractivity contribution in [3.63, 3.8) is 0 Å². The summed E-state index contributed by atoms with van der Waals surface area (Å²) < 4.78 is 5.74. The third-order valence-electron chi connectivity index (χ3n) is 4.80. The fourth-order valence-electron chi connectivity index (χ4n) is 3.10. The van der Waals surface area contributed by atoms with Gasteiger partial charge in [-0.15, -0.1) is 0 Å². The zero-order valence-corrected chi connectivity index (χ0v) is 14.3. The molecular weight excluding hydrogens is 312 g/mol. The van der Waals surface area contributed by atoms with Gasteiger partial charge < -0.3 is 10.5 Å². The highest BCUT2D eigenvalue weighted by Gasteiger charge is 2.22. The molecule has 1 aliphatic heterocycles. The summed E-state index contributed by atoms with van der Waals surface area (Å²) in [5, 5.41) is 6.61. The number of nitrogen functional groups attached to an aromatic ring is 1. The van der Waals surface area contributed by atoms with E-state index < -0.39 is 0 Å². The van der Waals surface area contributed by atoms with E-state index >= 15 is 0 Å². The first kappa shape index (κ1) is 16.1. The lowest BCUT2D eigenvalue weighted by Crippen LogP contribution is -2.18. The van der Waals surface area contributed by atoms with Crippen LogP contribution in [0.1, 0.15) is 35.4 Å². The Morgan fingerprint density at radius 3 is 2.68 bits per heavy atom. The molecule has 2 aromatic rings. The second kappa shape index (κ2) is 7.23. The number of nitrogens with zero attached hydrogens (tertiary/aromatic N) is 3. The van der Waals surface area contributed by atoms with Gasteiger partial charge in [0, 0.05) is 37.0 Å². The minimum absolute atomic E-state index is 0.212. The maximum Gasteiger partial charge on any atom is 0.127 e. The lowest BCUT2D eigenvalue weighted by atomic mass is 10.0. The molecule has 0 radical (unpaired) electrons. The molecule has 2 aliphatic rings. The quantitative estimate of drug-likeness (QED) is 0.843. The Morgan fingerprint density at radius 2 is 1.92 bits per heavy atom. The molecule has 5 nitrogen and oxygen atoms in total. The molecule has 2 heterocycles. The van der Waals surface area contributed by atoms with Gasteiger partial charge in [0.1, 0.15) is 5.82 Å². The molecule has 0 spiro atoms. The number of hydrogen-bond donors (Lipinski definition) is 1. The summed E-state index contributed by atoms with van der Waals surface area (Å²) in [6, 6.07) is 12.6. The van der Waals surface area contributed by atoms with Gasteiger partial charge in [-0.2, -0.15) is 5.10 Å². The second-order valence-electron chi connectivity index (χ2n) is 6.97. The minimum atomic E-state index is 0.212. The van der Waals surface area contributed by atoms with Crippen molar-refractivity contribution in [2.24, 2.45) is 11.0 Å². The average Bonchev–Trinajstić information content (AvgIpc) is 3.34. The van der Waals surface area contributed by atoms with Crippen molar-refractivity contribution in [3.05, 3.63) is 59.3 Å². The fraction of sp³-hybridized carbons (Fsp3) is 0.400. The van der Waals surface area contributed by atoms with Gasteiger partial charge in [0.2, 0.25) is 0 Å². The van der Waals surface area contributed by atoms with Crippen LogP contribution in [0.3, 0.4) is 0 Å². The van der Waals surface area contributed by atoms with Gasteiger partial charge in [-0.1, -0.05) is 30.3 Å². The van der Waals surface area contributed by atoms with E-state index in [9.17, 15) is 0 Å². The van der Waals surface area contributed by atoms with E-state index in [1.54, 1.807) is 6.20 Å². The first-order valence-electron chi connectivity index (χ1n) is 8.93. The van der Waals surface area contributed by atoms with Gasteiger partial charge >= 0.3 is 0 Å². The Balaban J connectivity index is 1.29. The fourth-order valence-corrected chi connectivity index (χ4v) is 3.10. The number of pyridine rings is 1. The normalized spacial score (nSPS) is 19.5. The van der Waals surface area contributed by atoms with E-state index in [0.29, 0.717) is 12.4 Å². The van der Waals surface area contributed by atoms with Gasteiger partial charge in [0.05, 0.1) is 13.2 Å². The van der Waals surface area contributed by atoms with Crippen LogP contribution in [0.2, 0.25) is 0 Å². The lowest BCUT2D eigenvalue weighted by Gasteiger charge is -2.17. The third kappa shape index (κ3) is 4.17. The molecule has 1 atom stereocenters. The highest BCUT2D eigenvalue weighted by molar-refractivity contribution is 5.72. The van der Waals surface area contributed by atoms with Crippen molar-refractivity contribution in [3.8, 4) is 0 Å². The Hall–Kier alpha value is -2.40. The Bertz CT molecular complexity index is 740. The summed E-state index contributed by atoms with van der Waals surface area (Å²) in [6.45, 7) is 3.25. The number of rotatable bonds is 7. The van der Waals surface area contributed by atoms with Crippen LogP contribution in [0, 0.1) is 5.92 Å². The molecule has 1 saturated carbocycles. The SMILES string of the molecule is Nc1ncccc1C1C=NN(Cc2ccc(COCC3CC3)cc2)C1. The molecule has 1 aliphatic carbocycles. The van der Waals surface area contributed by atoms with Crippen LogP contribution in [-0.2, 0) is 17.9 Å². The molecular formula is C20H24N4O. The van der Waals surface area contributed by atoms with Gasteiger partial charge in [-0.05, 0) is 36.0 Å². The average molecular weight is 336 g/mol. The Labute approximate surface area is 148 Å². The molecule has 0 saturated heterocycles. The van der Waals surface area contributed by atoms with Crippen molar-refractivity contribution in [1.82, 2.24) is 9.99 Å². The van der Waals surface area contributed by atoms with Crippen LogP contribution in [0.5, 0.6) is 0 Å². The molecule has 130 valence electrons. The molecule has 1 fully saturated rings. The maximum absolute atomic E-state index is 5.97. The number of anilines is 1. The molecule has 0 amide bonds. The number of aromatic nitrogens is 1. The summed E-state index contributed by atoms with van der Waals surface area (Å²) in [5.41, 5.74) is 9.51. The number of ether oxygens (including phenoxy) is 1. The van der Waals surface area contributed by atoms with Crippen molar-refractivity contribution >= 4 is 12.0 Å². The molecule has 1 aromatic carbocycles. The van der Waals surface area contributed by atoms with E-state index in [0.717, 1.165) is 31.2 Å². The van der Waals surface area contributed by atoms with Crippen LogP contribution in [0.15, 0.2) is 47.7 Å². The number of hydrogen-bond acceptors (Lipinski definition) is 5. The van der Waals surface area contributed by atoms with E-state index in [-0.39, 0.29) is 5.92 Å². The van der Waals surface area contributed by atoms with E-state index in [4.69, 9.17) is 10.5 Å². The van der Waals surface area contributed by atoms with E-state index in [1.165, 1.54) is 24.0 Å². The standard InChI is InChI=1S/C20H24N4O/c21-20-19(2-1-9-22-20)18-10-23-24(12-18)11-15-3-5-16(6-4-15)13-25-14-17-7-8-17/h1-6,9-10,17-18H,7-8,11-14H2,(H2,21,22). The van der Waals surface area contributed by atoms with Crippen molar-refractivity contribution < 1.29 is 4.74 Å². The first-order chi connectivity index (χ1) is 12.3. The van der Waals surface area contributed by atoms with Crippen LogP contribution in [0.25, 0.3) is 0 Å². The predicted octanol–water partition coefficient (Wildman–Crippen LogP) is 3.18.